The second-order valence-corrected chi connectivity index (χ2v) is 4.48. The van der Waals surface area contributed by atoms with Crippen molar-refractivity contribution in [2.24, 2.45) is 0 Å². The molecule has 1 unspecified atom stereocenters. The Hall–Kier alpha value is -1.33. The first-order chi connectivity index (χ1) is 8.16. The van der Waals surface area contributed by atoms with Gasteiger partial charge in [-0.1, -0.05) is 22.0 Å². The standard InChI is InChI=1S/C12H10BrFN2O/c13-11-4-10(14)2-1-8(11)3-12(17)9-5-15-7-16-6-9/h1-2,4-7,12,17H,3H2. The molecule has 0 amide bonds. The molecule has 0 aliphatic heterocycles. The Balaban J connectivity index is 2.16. The molecule has 0 spiro atoms. The Kier molecular flexibility index (Phi) is 3.81. The van der Waals surface area contributed by atoms with Crippen LogP contribution in [0.5, 0.6) is 0 Å². The zero-order chi connectivity index (χ0) is 12.3. The van der Waals surface area contributed by atoms with Gasteiger partial charge in [0.25, 0.3) is 0 Å². The van der Waals surface area contributed by atoms with Gasteiger partial charge in [0.1, 0.15) is 12.1 Å². The maximum absolute atomic E-state index is 12.9. The summed E-state index contributed by atoms with van der Waals surface area (Å²) < 4.78 is 13.5. The molecule has 0 saturated heterocycles. The summed E-state index contributed by atoms with van der Waals surface area (Å²) in [5.74, 6) is -0.307. The fourth-order valence-corrected chi connectivity index (χ4v) is 2.01. The van der Waals surface area contributed by atoms with Gasteiger partial charge in [-0.05, 0) is 17.7 Å². The SMILES string of the molecule is OC(Cc1ccc(F)cc1Br)c1cncnc1. The van der Waals surface area contributed by atoms with Gasteiger partial charge in [-0.3, -0.25) is 0 Å². The highest BCUT2D eigenvalue weighted by atomic mass is 79.9. The lowest BCUT2D eigenvalue weighted by Gasteiger charge is -2.11. The maximum Gasteiger partial charge on any atom is 0.124 e. The van der Waals surface area contributed by atoms with Crippen LogP contribution in [-0.4, -0.2) is 15.1 Å². The lowest BCUT2D eigenvalue weighted by atomic mass is 10.0. The number of hydrogen-bond acceptors (Lipinski definition) is 3. The third-order valence-electron chi connectivity index (χ3n) is 2.39. The van der Waals surface area contributed by atoms with Gasteiger partial charge in [0.05, 0.1) is 6.10 Å². The fraction of sp³-hybridized carbons (Fsp3) is 0.167. The molecule has 3 nitrogen and oxygen atoms in total. The first kappa shape index (κ1) is 12.1. The molecule has 1 aromatic carbocycles. The summed E-state index contributed by atoms with van der Waals surface area (Å²) in [5, 5.41) is 9.97. The number of rotatable bonds is 3. The number of aliphatic hydroxyl groups excluding tert-OH is 1. The minimum atomic E-state index is -0.696. The van der Waals surface area contributed by atoms with Crippen LogP contribution in [0, 0.1) is 5.82 Å². The van der Waals surface area contributed by atoms with E-state index in [0.29, 0.717) is 16.5 Å². The van der Waals surface area contributed by atoms with E-state index in [9.17, 15) is 9.50 Å². The molecule has 0 aliphatic carbocycles. The normalized spacial score (nSPS) is 12.4. The van der Waals surface area contributed by atoms with Gasteiger partial charge in [0.2, 0.25) is 0 Å². The highest BCUT2D eigenvalue weighted by Crippen LogP contribution is 2.23. The van der Waals surface area contributed by atoms with E-state index < -0.39 is 6.10 Å². The van der Waals surface area contributed by atoms with Gasteiger partial charge < -0.3 is 5.11 Å². The fourth-order valence-electron chi connectivity index (χ4n) is 1.50. The molecule has 2 rings (SSSR count). The van der Waals surface area contributed by atoms with Crippen molar-refractivity contribution in [3.8, 4) is 0 Å². The van der Waals surface area contributed by atoms with Gasteiger partial charge in [-0.15, -0.1) is 0 Å². The smallest absolute Gasteiger partial charge is 0.124 e. The summed E-state index contributed by atoms with van der Waals surface area (Å²) in [5.41, 5.74) is 1.48. The van der Waals surface area contributed by atoms with Crippen molar-refractivity contribution in [1.29, 1.82) is 0 Å². The summed E-state index contributed by atoms with van der Waals surface area (Å²) in [6.45, 7) is 0. The van der Waals surface area contributed by atoms with Crippen LogP contribution in [0.2, 0.25) is 0 Å². The van der Waals surface area contributed by atoms with Gasteiger partial charge in [-0.25, -0.2) is 14.4 Å². The van der Waals surface area contributed by atoms with Crippen LogP contribution in [0.25, 0.3) is 0 Å². The number of halogens is 2. The Labute approximate surface area is 106 Å². The molecule has 0 radical (unpaired) electrons. The predicted molar refractivity (Wildman–Crippen MR) is 64.8 cm³/mol. The minimum Gasteiger partial charge on any atom is -0.388 e. The molecule has 0 fully saturated rings. The van der Waals surface area contributed by atoms with Gasteiger partial charge in [0, 0.05) is 28.9 Å². The second kappa shape index (κ2) is 5.33. The summed E-state index contributed by atoms with van der Waals surface area (Å²) in [4.78, 5) is 7.68. The Morgan fingerprint density at radius 1 is 1.29 bits per heavy atom. The van der Waals surface area contributed by atoms with E-state index in [-0.39, 0.29) is 5.82 Å². The molecule has 2 aromatic rings. The van der Waals surface area contributed by atoms with Gasteiger partial charge in [0.15, 0.2) is 0 Å². The van der Waals surface area contributed by atoms with Crippen LogP contribution < -0.4 is 0 Å². The molecule has 1 N–H and O–H groups in total. The molecule has 0 bridgehead atoms. The van der Waals surface area contributed by atoms with Crippen molar-refractivity contribution < 1.29 is 9.50 Å². The minimum absolute atomic E-state index is 0.307. The highest BCUT2D eigenvalue weighted by Gasteiger charge is 2.11. The van der Waals surface area contributed by atoms with Crippen molar-refractivity contribution in [2.75, 3.05) is 0 Å². The third kappa shape index (κ3) is 3.08. The van der Waals surface area contributed by atoms with Crippen molar-refractivity contribution in [3.05, 3.63) is 58.3 Å². The van der Waals surface area contributed by atoms with Crippen molar-refractivity contribution in [1.82, 2.24) is 9.97 Å². The number of benzene rings is 1. The van der Waals surface area contributed by atoms with Gasteiger partial charge in [-0.2, -0.15) is 0 Å². The summed E-state index contributed by atoms with van der Waals surface area (Å²) in [6.07, 6.45) is 4.22. The largest absolute Gasteiger partial charge is 0.388 e. The lowest BCUT2D eigenvalue weighted by Crippen LogP contribution is -2.03. The monoisotopic (exact) mass is 296 g/mol. The lowest BCUT2D eigenvalue weighted by molar-refractivity contribution is 0.177. The summed E-state index contributed by atoms with van der Waals surface area (Å²) >= 11 is 3.27. The maximum atomic E-state index is 12.9. The zero-order valence-electron chi connectivity index (χ0n) is 8.85. The van der Waals surface area contributed by atoms with E-state index in [1.165, 1.54) is 18.5 Å². The topological polar surface area (TPSA) is 46.0 Å². The quantitative estimate of drug-likeness (QED) is 0.947. The Bertz CT molecular complexity index is 507. The molecular formula is C12H10BrFN2O. The number of aliphatic hydroxyl groups is 1. The van der Waals surface area contributed by atoms with E-state index in [4.69, 9.17) is 0 Å². The van der Waals surface area contributed by atoms with E-state index >= 15 is 0 Å². The van der Waals surface area contributed by atoms with Gasteiger partial charge >= 0.3 is 0 Å². The van der Waals surface area contributed by atoms with E-state index in [0.717, 1.165) is 5.56 Å². The molecule has 1 heterocycles. The zero-order valence-corrected chi connectivity index (χ0v) is 10.4. The number of aromatic nitrogens is 2. The highest BCUT2D eigenvalue weighted by molar-refractivity contribution is 9.10. The Morgan fingerprint density at radius 2 is 2.00 bits per heavy atom. The first-order valence-electron chi connectivity index (χ1n) is 5.03. The average molecular weight is 297 g/mol. The molecule has 0 saturated carbocycles. The van der Waals surface area contributed by atoms with Crippen LogP contribution in [0.15, 0.2) is 41.4 Å². The third-order valence-corrected chi connectivity index (χ3v) is 3.13. The summed E-state index contributed by atoms with van der Waals surface area (Å²) in [6, 6.07) is 4.39. The molecule has 17 heavy (non-hydrogen) atoms. The van der Waals surface area contributed by atoms with Crippen molar-refractivity contribution in [3.63, 3.8) is 0 Å². The average Bonchev–Trinajstić information content (AvgIpc) is 2.34. The van der Waals surface area contributed by atoms with Crippen molar-refractivity contribution >= 4 is 15.9 Å². The van der Waals surface area contributed by atoms with Crippen LogP contribution in [0.1, 0.15) is 17.2 Å². The van der Waals surface area contributed by atoms with Crippen LogP contribution in [0.4, 0.5) is 4.39 Å². The van der Waals surface area contributed by atoms with E-state index in [1.54, 1.807) is 18.5 Å². The Morgan fingerprint density at radius 3 is 2.65 bits per heavy atom. The molecule has 1 aromatic heterocycles. The van der Waals surface area contributed by atoms with E-state index in [1.807, 2.05) is 0 Å². The predicted octanol–water partition coefficient (Wildman–Crippen LogP) is 2.65. The molecule has 1 atom stereocenters. The van der Waals surface area contributed by atoms with Crippen LogP contribution >= 0.6 is 15.9 Å². The first-order valence-corrected chi connectivity index (χ1v) is 5.83. The molecule has 5 heteroatoms. The van der Waals surface area contributed by atoms with Crippen LogP contribution in [-0.2, 0) is 6.42 Å². The molecule has 88 valence electrons. The van der Waals surface area contributed by atoms with Crippen molar-refractivity contribution in [2.45, 2.75) is 12.5 Å². The van der Waals surface area contributed by atoms with E-state index in [2.05, 4.69) is 25.9 Å². The summed E-state index contributed by atoms with van der Waals surface area (Å²) in [7, 11) is 0. The molecular weight excluding hydrogens is 287 g/mol. The number of nitrogens with zero attached hydrogens (tertiary/aromatic N) is 2. The van der Waals surface area contributed by atoms with Crippen LogP contribution in [0.3, 0.4) is 0 Å². The number of hydrogen-bond donors (Lipinski definition) is 1. The molecule has 0 aliphatic rings. The second-order valence-electron chi connectivity index (χ2n) is 3.63.